The maximum absolute atomic E-state index is 14.0. The summed E-state index contributed by atoms with van der Waals surface area (Å²) in [4.78, 5) is 16.7. The van der Waals surface area contributed by atoms with Crippen molar-refractivity contribution < 1.29 is 9.18 Å². The third-order valence-electron chi connectivity index (χ3n) is 7.09. The van der Waals surface area contributed by atoms with Crippen molar-refractivity contribution in [3.63, 3.8) is 0 Å². The molecule has 142 valence electrons. The van der Waals surface area contributed by atoms with Crippen molar-refractivity contribution >= 4 is 11.6 Å². The monoisotopic (exact) mass is 358 g/mol. The van der Waals surface area contributed by atoms with E-state index in [1.807, 2.05) is 4.90 Å². The van der Waals surface area contributed by atoms with Gasteiger partial charge in [-0.15, -0.1) is 0 Å². The van der Waals surface area contributed by atoms with E-state index in [4.69, 9.17) is 0 Å². The minimum Gasteiger partial charge on any atom is -0.311 e. The van der Waals surface area contributed by atoms with Crippen LogP contribution < -0.4 is 4.90 Å². The maximum Gasteiger partial charge on any atom is 0.223 e. The van der Waals surface area contributed by atoms with Gasteiger partial charge in [0, 0.05) is 30.6 Å². The average Bonchev–Trinajstić information content (AvgIpc) is 2.76. The number of hydrogen-bond acceptors (Lipinski definition) is 2. The summed E-state index contributed by atoms with van der Waals surface area (Å²) in [5.74, 6) is 0.705. The Kier molecular flexibility index (Phi) is 4.81. The van der Waals surface area contributed by atoms with Crippen LogP contribution in [0.15, 0.2) is 18.2 Å². The van der Waals surface area contributed by atoms with Crippen molar-refractivity contribution in [3.8, 4) is 0 Å². The van der Waals surface area contributed by atoms with Crippen molar-refractivity contribution in [1.82, 2.24) is 4.90 Å². The lowest BCUT2D eigenvalue weighted by atomic mass is 9.74. The fourth-order valence-corrected chi connectivity index (χ4v) is 5.57. The van der Waals surface area contributed by atoms with Gasteiger partial charge in [0.15, 0.2) is 0 Å². The summed E-state index contributed by atoms with van der Waals surface area (Å²) in [5.41, 5.74) is 1.92. The van der Waals surface area contributed by atoms with Gasteiger partial charge in [0.1, 0.15) is 5.82 Å². The van der Waals surface area contributed by atoms with E-state index in [0.717, 1.165) is 49.6 Å². The van der Waals surface area contributed by atoms with Crippen LogP contribution in [-0.4, -0.2) is 36.5 Å². The van der Waals surface area contributed by atoms with Crippen molar-refractivity contribution in [2.45, 2.75) is 70.3 Å². The zero-order chi connectivity index (χ0) is 18.3. The summed E-state index contributed by atoms with van der Waals surface area (Å²) in [6, 6.07) is 5.67. The van der Waals surface area contributed by atoms with E-state index in [-0.39, 0.29) is 17.1 Å². The number of carbonyl (C=O) groups excluding carboxylic acids is 1. The van der Waals surface area contributed by atoms with Gasteiger partial charge in [-0.2, -0.15) is 0 Å². The molecule has 2 unspecified atom stereocenters. The Morgan fingerprint density at radius 3 is 2.65 bits per heavy atom. The third-order valence-corrected chi connectivity index (χ3v) is 7.09. The van der Waals surface area contributed by atoms with Crippen LogP contribution in [0.25, 0.3) is 0 Å². The Bertz CT molecular complexity index is 681. The molecule has 0 bridgehead atoms. The van der Waals surface area contributed by atoms with E-state index in [1.165, 1.54) is 38.2 Å². The Balaban J connectivity index is 1.53. The molecule has 0 aromatic heterocycles. The molecule has 1 saturated carbocycles. The molecule has 1 aliphatic carbocycles. The number of amides is 1. The van der Waals surface area contributed by atoms with E-state index in [2.05, 4.69) is 11.8 Å². The van der Waals surface area contributed by atoms with Crippen molar-refractivity contribution in [3.05, 3.63) is 29.6 Å². The molecular formula is C22H31FN2O. The molecule has 0 N–H and O–H groups in total. The highest BCUT2D eigenvalue weighted by Gasteiger charge is 2.46. The molecule has 4 heteroatoms. The summed E-state index contributed by atoms with van der Waals surface area (Å²) in [6.07, 6.45) is 8.78. The van der Waals surface area contributed by atoms with Crippen LogP contribution in [0.3, 0.4) is 0 Å². The number of anilines is 1. The smallest absolute Gasteiger partial charge is 0.223 e. The van der Waals surface area contributed by atoms with Gasteiger partial charge in [-0.1, -0.05) is 26.2 Å². The Morgan fingerprint density at radius 1 is 1.19 bits per heavy atom. The molecule has 1 aromatic carbocycles. The first-order valence-electron chi connectivity index (χ1n) is 10.3. The van der Waals surface area contributed by atoms with Gasteiger partial charge in [0.05, 0.1) is 0 Å². The van der Waals surface area contributed by atoms with E-state index in [9.17, 15) is 9.18 Å². The van der Waals surface area contributed by atoms with Crippen LogP contribution in [0.4, 0.5) is 10.1 Å². The van der Waals surface area contributed by atoms with E-state index < -0.39 is 0 Å². The number of piperidine rings is 1. The molecule has 1 aromatic rings. The van der Waals surface area contributed by atoms with E-state index in [1.54, 1.807) is 19.1 Å². The quantitative estimate of drug-likeness (QED) is 0.690. The second-order valence-corrected chi connectivity index (χ2v) is 8.86. The third kappa shape index (κ3) is 3.17. The second kappa shape index (κ2) is 6.95. The molecule has 2 aliphatic heterocycles. The number of nitrogens with zero attached hydrogens (tertiary/aromatic N) is 2. The molecule has 0 radical (unpaired) electrons. The van der Waals surface area contributed by atoms with Crippen LogP contribution in [-0.2, 0) is 10.2 Å². The van der Waals surface area contributed by atoms with Gasteiger partial charge in [0.2, 0.25) is 5.91 Å². The van der Waals surface area contributed by atoms with Gasteiger partial charge in [0.25, 0.3) is 0 Å². The molecule has 4 rings (SSSR count). The SMILES string of the molecule is CC(=O)N1CC2(CCN(C3CCCCC(C)C3)CC2)c2cc(F)ccc21. The van der Waals surface area contributed by atoms with Gasteiger partial charge >= 0.3 is 0 Å². The first kappa shape index (κ1) is 18.0. The topological polar surface area (TPSA) is 23.6 Å². The fraction of sp³-hybridized carbons (Fsp3) is 0.682. The summed E-state index contributed by atoms with van der Waals surface area (Å²) >= 11 is 0. The summed E-state index contributed by atoms with van der Waals surface area (Å²) < 4.78 is 14.0. The van der Waals surface area contributed by atoms with Crippen LogP contribution in [0.2, 0.25) is 0 Å². The number of hydrogen-bond donors (Lipinski definition) is 0. The first-order chi connectivity index (χ1) is 12.5. The predicted molar refractivity (Wildman–Crippen MR) is 103 cm³/mol. The average molecular weight is 359 g/mol. The minimum absolute atomic E-state index is 0.0596. The predicted octanol–water partition coefficient (Wildman–Crippen LogP) is 4.49. The van der Waals surface area contributed by atoms with Crippen LogP contribution in [0.1, 0.15) is 64.4 Å². The molecule has 2 fully saturated rings. The maximum atomic E-state index is 14.0. The number of carbonyl (C=O) groups is 1. The molecule has 1 spiro atoms. The lowest BCUT2D eigenvalue weighted by Crippen LogP contribution is -2.49. The van der Waals surface area contributed by atoms with Crippen LogP contribution in [0, 0.1) is 11.7 Å². The standard InChI is InChI=1S/C22H31FN2O/c1-16-5-3-4-6-19(13-16)24-11-9-22(10-12-24)15-25(17(2)26)21-8-7-18(23)14-20(21)22/h7-8,14,16,19H,3-6,9-13,15H2,1-2H3. The summed E-state index contributed by atoms with van der Waals surface area (Å²) in [5, 5.41) is 0. The Hall–Kier alpha value is -1.42. The van der Waals surface area contributed by atoms with Gasteiger partial charge in [-0.25, -0.2) is 4.39 Å². The zero-order valence-corrected chi connectivity index (χ0v) is 16.1. The zero-order valence-electron chi connectivity index (χ0n) is 16.1. The van der Waals surface area contributed by atoms with E-state index >= 15 is 0 Å². The molecular weight excluding hydrogens is 327 g/mol. The second-order valence-electron chi connectivity index (χ2n) is 8.86. The molecule has 1 saturated heterocycles. The van der Waals surface area contributed by atoms with Crippen molar-refractivity contribution in [2.75, 3.05) is 24.5 Å². The molecule has 1 amide bonds. The number of fused-ring (bicyclic) bond motifs is 2. The molecule has 2 atom stereocenters. The van der Waals surface area contributed by atoms with Crippen molar-refractivity contribution in [1.29, 1.82) is 0 Å². The number of likely N-dealkylation sites (tertiary alicyclic amines) is 1. The number of halogens is 1. The van der Waals surface area contributed by atoms with Gasteiger partial charge in [-0.05, 0) is 68.5 Å². The van der Waals surface area contributed by atoms with E-state index in [0.29, 0.717) is 6.04 Å². The molecule has 26 heavy (non-hydrogen) atoms. The highest BCUT2D eigenvalue weighted by Crippen LogP contribution is 2.48. The van der Waals surface area contributed by atoms with Gasteiger partial charge in [-0.3, -0.25) is 4.79 Å². The molecule has 3 nitrogen and oxygen atoms in total. The highest BCUT2D eigenvalue weighted by molar-refractivity contribution is 5.94. The molecule has 3 aliphatic rings. The summed E-state index contributed by atoms with van der Waals surface area (Å²) in [6.45, 7) is 6.87. The Morgan fingerprint density at radius 2 is 1.92 bits per heavy atom. The largest absolute Gasteiger partial charge is 0.311 e. The normalized spacial score (nSPS) is 28.8. The van der Waals surface area contributed by atoms with Gasteiger partial charge < -0.3 is 9.80 Å². The molecule has 2 heterocycles. The Labute approximate surface area is 156 Å². The fourth-order valence-electron chi connectivity index (χ4n) is 5.57. The lowest BCUT2D eigenvalue weighted by Gasteiger charge is -2.43. The minimum atomic E-state index is -0.187. The lowest BCUT2D eigenvalue weighted by molar-refractivity contribution is -0.116. The summed E-state index contributed by atoms with van der Waals surface area (Å²) in [7, 11) is 0. The highest BCUT2D eigenvalue weighted by atomic mass is 19.1. The number of rotatable bonds is 1. The van der Waals surface area contributed by atoms with Crippen molar-refractivity contribution in [2.24, 2.45) is 5.92 Å². The van der Waals surface area contributed by atoms with Crippen LogP contribution in [0.5, 0.6) is 0 Å². The number of benzene rings is 1. The first-order valence-corrected chi connectivity index (χ1v) is 10.3. The van der Waals surface area contributed by atoms with Crippen LogP contribution >= 0.6 is 0 Å².